The van der Waals surface area contributed by atoms with Crippen LogP contribution in [0.15, 0.2) is 72.8 Å². The molecule has 1 N–H and O–H groups in total. The van der Waals surface area contributed by atoms with Crippen molar-refractivity contribution < 1.29 is 14.7 Å². The zero-order chi connectivity index (χ0) is 17.2. The van der Waals surface area contributed by atoms with E-state index in [0.29, 0.717) is 12.0 Å². The Morgan fingerprint density at radius 1 is 1.04 bits per heavy atom. The summed E-state index contributed by atoms with van der Waals surface area (Å²) >= 11 is 0. The summed E-state index contributed by atoms with van der Waals surface area (Å²) in [6.07, 6.45) is 4.02. The van der Waals surface area contributed by atoms with Crippen molar-refractivity contribution in [3.05, 3.63) is 83.9 Å². The maximum Gasteiger partial charge on any atom is 0.333 e. The summed E-state index contributed by atoms with van der Waals surface area (Å²) in [5.74, 6) is -1.30. The van der Waals surface area contributed by atoms with Gasteiger partial charge in [-0.3, -0.25) is 4.79 Å². The van der Waals surface area contributed by atoms with Crippen LogP contribution < -0.4 is 0 Å². The number of amides is 1. The Balaban J connectivity index is 1.95. The average molecular weight is 321 g/mol. The standard InChI is InChI=1S/C20H19NO3/c1-20(19(23)24)13-12-17(14-15-8-4-2-5-9-15)21(20)18(22)16-10-6-3-7-11-16/h2-13,17H,14H2,1H3,(H,23,24)/t17-,20+/m0/s1. The van der Waals surface area contributed by atoms with Crippen molar-refractivity contribution in [3.63, 3.8) is 0 Å². The van der Waals surface area contributed by atoms with E-state index in [-0.39, 0.29) is 11.9 Å². The summed E-state index contributed by atoms with van der Waals surface area (Å²) < 4.78 is 0. The molecule has 4 nitrogen and oxygen atoms in total. The zero-order valence-electron chi connectivity index (χ0n) is 13.4. The molecule has 2 aromatic carbocycles. The monoisotopic (exact) mass is 321 g/mol. The van der Waals surface area contributed by atoms with Gasteiger partial charge in [0.1, 0.15) is 0 Å². The van der Waals surface area contributed by atoms with Crippen molar-refractivity contribution >= 4 is 11.9 Å². The summed E-state index contributed by atoms with van der Waals surface area (Å²) in [7, 11) is 0. The number of hydrogen-bond acceptors (Lipinski definition) is 2. The van der Waals surface area contributed by atoms with Crippen LogP contribution in [0.3, 0.4) is 0 Å². The van der Waals surface area contributed by atoms with E-state index in [1.165, 1.54) is 4.90 Å². The lowest BCUT2D eigenvalue weighted by molar-refractivity contribution is -0.145. The number of benzene rings is 2. The summed E-state index contributed by atoms with van der Waals surface area (Å²) in [4.78, 5) is 26.3. The molecular weight excluding hydrogens is 302 g/mol. The van der Waals surface area contributed by atoms with Gasteiger partial charge < -0.3 is 10.0 Å². The van der Waals surface area contributed by atoms with Gasteiger partial charge in [-0.05, 0) is 37.1 Å². The van der Waals surface area contributed by atoms with Gasteiger partial charge in [0.15, 0.2) is 5.54 Å². The maximum absolute atomic E-state index is 13.0. The molecule has 1 aliphatic heterocycles. The van der Waals surface area contributed by atoms with Crippen LogP contribution in [0, 0.1) is 0 Å². The second kappa shape index (κ2) is 6.32. The fourth-order valence-electron chi connectivity index (χ4n) is 3.08. The molecule has 3 rings (SSSR count). The van der Waals surface area contributed by atoms with Gasteiger partial charge in [0.2, 0.25) is 0 Å². The Morgan fingerprint density at radius 3 is 2.21 bits per heavy atom. The first-order valence-corrected chi connectivity index (χ1v) is 7.88. The Morgan fingerprint density at radius 2 is 1.62 bits per heavy atom. The number of nitrogens with zero attached hydrogens (tertiary/aromatic N) is 1. The van der Waals surface area contributed by atoms with E-state index < -0.39 is 11.5 Å². The topological polar surface area (TPSA) is 57.6 Å². The smallest absolute Gasteiger partial charge is 0.333 e. The van der Waals surface area contributed by atoms with Crippen LogP contribution in [0.2, 0.25) is 0 Å². The number of aliphatic carboxylic acids is 1. The first-order chi connectivity index (χ1) is 11.5. The zero-order valence-corrected chi connectivity index (χ0v) is 13.4. The second-order valence-electron chi connectivity index (χ2n) is 6.11. The first-order valence-electron chi connectivity index (χ1n) is 7.88. The van der Waals surface area contributed by atoms with Gasteiger partial charge in [0.25, 0.3) is 5.91 Å². The molecule has 0 radical (unpaired) electrons. The predicted molar refractivity (Wildman–Crippen MR) is 91.7 cm³/mol. The fraction of sp³-hybridized carbons (Fsp3) is 0.200. The van der Waals surface area contributed by atoms with E-state index in [0.717, 1.165) is 5.56 Å². The van der Waals surface area contributed by atoms with Crippen LogP contribution in [0.4, 0.5) is 0 Å². The Hall–Kier alpha value is -2.88. The van der Waals surface area contributed by atoms with Crippen LogP contribution >= 0.6 is 0 Å². The van der Waals surface area contributed by atoms with Gasteiger partial charge >= 0.3 is 5.97 Å². The number of carboxylic acid groups (broad SMARTS) is 1. The SMILES string of the molecule is C[C@]1(C(=O)O)C=C[C@@H](Cc2ccccc2)N1C(=O)c1ccccc1. The highest BCUT2D eigenvalue weighted by atomic mass is 16.4. The predicted octanol–water partition coefficient (Wildman–Crippen LogP) is 3.15. The lowest BCUT2D eigenvalue weighted by Crippen LogP contribution is -2.54. The second-order valence-corrected chi connectivity index (χ2v) is 6.11. The van der Waals surface area contributed by atoms with Crippen molar-refractivity contribution in [2.45, 2.75) is 24.9 Å². The van der Waals surface area contributed by atoms with Gasteiger partial charge in [-0.15, -0.1) is 0 Å². The molecule has 0 aromatic heterocycles. The summed E-state index contributed by atoms with van der Waals surface area (Å²) in [6.45, 7) is 1.57. The maximum atomic E-state index is 13.0. The third kappa shape index (κ3) is 2.83. The lowest BCUT2D eigenvalue weighted by Gasteiger charge is -2.35. The molecule has 24 heavy (non-hydrogen) atoms. The molecular formula is C20H19NO3. The fourth-order valence-corrected chi connectivity index (χ4v) is 3.08. The third-order valence-corrected chi connectivity index (χ3v) is 4.44. The van der Waals surface area contributed by atoms with Crippen LogP contribution in [-0.4, -0.2) is 33.5 Å². The summed E-state index contributed by atoms with van der Waals surface area (Å²) in [5.41, 5.74) is 0.214. The number of carbonyl (C=O) groups is 2. The van der Waals surface area contributed by atoms with Crippen LogP contribution in [0.1, 0.15) is 22.8 Å². The molecule has 0 fully saturated rings. The Bertz CT molecular complexity index is 770. The molecule has 4 heteroatoms. The summed E-state index contributed by atoms with van der Waals surface area (Å²) in [6, 6.07) is 18.3. The highest BCUT2D eigenvalue weighted by molar-refractivity contribution is 5.99. The number of carboxylic acids is 1. The molecule has 2 aromatic rings. The molecule has 0 unspecified atom stereocenters. The molecule has 0 saturated heterocycles. The number of rotatable bonds is 4. The largest absolute Gasteiger partial charge is 0.479 e. The molecule has 0 spiro atoms. The van der Waals surface area contributed by atoms with E-state index in [9.17, 15) is 14.7 Å². The minimum Gasteiger partial charge on any atom is -0.479 e. The Kier molecular flexibility index (Phi) is 4.21. The van der Waals surface area contributed by atoms with Gasteiger partial charge in [-0.2, -0.15) is 0 Å². The highest BCUT2D eigenvalue weighted by Crippen LogP contribution is 2.31. The van der Waals surface area contributed by atoms with Gasteiger partial charge in [0, 0.05) is 5.56 Å². The lowest BCUT2D eigenvalue weighted by atomic mass is 10.00. The minimum absolute atomic E-state index is 0.272. The van der Waals surface area contributed by atoms with E-state index in [2.05, 4.69) is 0 Å². The van der Waals surface area contributed by atoms with Crippen molar-refractivity contribution in [2.24, 2.45) is 0 Å². The molecule has 0 aliphatic carbocycles. The van der Waals surface area contributed by atoms with E-state index in [4.69, 9.17) is 0 Å². The third-order valence-electron chi connectivity index (χ3n) is 4.44. The van der Waals surface area contributed by atoms with Crippen LogP contribution in [0.5, 0.6) is 0 Å². The van der Waals surface area contributed by atoms with E-state index in [1.807, 2.05) is 42.5 Å². The van der Waals surface area contributed by atoms with Crippen LogP contribution in [0.25, 0.3) is 0 Å². The normalized spacial score (nSPS) is 22.5. The Labute approximate surface area is 141 Å². The quantitative estimate of drug-likeness (QED) is 0.880. The van der Waals surface area contributed by atoms with Crippen molar-refractivity contribution in [2.75, 3.05) is 0 Å². The average Bonchev–Trinajstić information content (AvgIpc) is 2.94. The van der Waals surface area contributed by atoms with Crippen LogP contribution in [-0.2, 0) is 11.2 Å². The van der Waals surface area contributed by atoms with Gasteiger partial charge in [0.05, 0.1) is 6.04 Å². The first kappa shape index (κ1) is 16.0. The molecule has 0 bridgehead atoms. The molecule has 0 saturated carbocycles. The molecule has 2 atom stereocenters. The van der Waals surface area contributed by atoms with Gasteiger partial charge in [-0.25, -0.2) is 4.79 Å². The minimum atomic E-state index is -1.34. The molecule has 1 heterocycles. The van der Waals surface area contributed by atoms with Crippen molar-refractivity contribution in [1.82, 2.24) is 4.90 Å². The van der Waals surface area contributed by atoms with Crippen molar-refractivity contribution in [3.8, 4) is 0 Å². The van der Waals surface area contributed by atoms with E-state index in [1.54, 1.807) is 37.3 Å². The highest BCUT2D eigenvalue weighted by Gasteiger charge is 2.47. The van der Waals surface area contributed by atoms with Gasteiger partial charge in [-0.1, -0.05) is 54.6 Å². The van der Waals surface area contributed by atoms with E-state index >= 15 is 0 Å². The number of hydrogen-bond donors (Lipinski definition) is 1. The van der Waals surface area contributed by atoms with Crippen molar-refractivity contribution in [1.29, 1.82) is 0 Å². The summed E-state index contributed by atoms with van der Waals surface area (Å²) in [5, 5.41) is 9.68. The molecule has 1 amide bonds. The molecule has 1 aliphatic rings. The number of carbonyl (C=O) groups excluding carboxylic acids is 1. The molecule has 122 valence electrons.